The van der Waals surface area contributed by atoms with Crippen molar-refractivity contribution in [3.8, 4) is 22.6 Å². The average Bonchev–Trinajstić information content (AvgIpc) is 2.97. The predicted molar refractivity (Wildman–Crippen MR) is 76.9 cm³/mol. The third-order valence-corrected chi connectivity index (χ3v) is 3.68. The van der Waals surface area contributed by atoms with Gasteiger partial charge >= 0.3 is 0 Å². The molecule has 4 nitrogen and oxygen atoms in total. The van der Waals surface area contributed by atoms with Gasteiger partial charge in [-0.1, -0.05) is 35.0 Å². The van der Waals surface area contributed by atoms with Gasteiger partial charge in [-0.25, -0.2) is 4.98 Å². The monoisotopic (exact) mass is 271 g/mol. The van der Waals surface area contributed by atoms with Gasteiger partial charge in [0.2, 0.25) is 0 Å². The minimum atomic E-state index is 0.393. The smallest absolute Gasteiger partial charge is 0.196 e. The lowest BCUT2D eigenvalue weighted by molar-refractivity contribution is 0.435. The van der Waals surface area contributed by atoms with E-state index < -0.39 is 0 Å². The number of thiazole rings is 1. The number of aryl methyl sites for hydroxylation is 2. The van der Waals surface area contributed by atoms with E-state index in [1.807, 2.05) is 43.5 Å². The van der Waals surface area contributed by atoms with E-state index in [0.717, 1.165) is 21.8 Å². The first kappa shape index (κ1) is 11.9. The number of nitrogens with zero attached hydrogens (tertiary/aromatic N) is 2. The highest BCUT2D eigenvalue weighted by atomic mass is 32.1. The zero-order valence-corrected chi connectivity index (χ0v) is 11.5. The van der Waals surface area contributed by atoms with Gasteiger partial charge in [-0.05, 0) is 19.4 Å². The largest absolute Gasteiger partial charge is 0.380 e. The molecule has 0 radical (unpaired) electrons. The van der Waals surface area contributed by atoms with Gasteiger partial charge in [0.25, 0.3) is 0 Å². The number of aromatic nitrogens is 2. The first-order valence-corrected chi connectivity index (χ1v) is 6.78. The van der Waals surface area contributed by atoms with Gasteiger partial charge in [0.05, 0.1) is 10.6 Å². The maximum Gasteiger partial charge on any atom is 0.196 e. The minimum absolute atomic E-state index is 0.393. The lowest BCUT2D eigenvalue weighted by Crippen LogP contribution is -1.89. The highest BCUT2D eigenvalue weighted by Crippen LogP contribution is 2.36. The summed E-state index contributed by atoms with van der Waals surface area (Å²) in [6.45, 7) is 4.00. The molecule has 96 valence electrons. The second-order valence-electron chi connectivity index (χ2n) is 4.39. The van der Waals surface area contributed by atoms with Crippen molar-refractivity contribution in [3.05, 3.63) is 40.2 Å². The molecule has 5 heteroatoms. The van der Waals surface area contributed by atoms with Crippen LogP contribution in [0.2, 0.25) is 0 Å². The standard InChI is InChI=1S/C14H13N3OS/c1-8-3-5-10(6-4-8)12-13(18-17-14(12)15)11-7-19-9(2)16-11/h3-7H,1-2H3,(H2,15,17). The zero-order chi connectivity index (χ0) is 13.4. The normalized spacial score (nSPS) is 10.8. The minimum Gasteiger partial charge on any atom is -0.380 e. The molecule has 0 fully saturated rings. The lowest BCUT2D eigenvalue weighted by Gasteiger charge is -2.01. The SMILES string of the molecule is Cc1ccc(-c2c(N)noc2-c2csc(C)n2)cc1. The first-order chi connectivity index (χ1) is 9.15. The van der Waals surface area contributed by atoms with Crippen molar-refractivity contribution >= 4 is 17.2 Å². The third kappa shape index (κ3) is 2.13. The Labute approximate surface area is 114 Å². The number of nitrogens with two attached hydrogens (primary N) is 1. The highest BCUT2D eigenvalue weighted by molar-refractivity contribution is 7.09. The topological polar surface area (TPSA) is 64.9 Å². The Hall–Kier alpha value is -2.14. The van der Waals surface area contributed by atoms with Crippen molar-refractivity contribution in [2.45, 2.75) is 13.8 Å². The van der Waals surface area contributed by atoms with Crippen LogP contribution in [0.25, 0.3) is 22.6 Å². The summed E-state index contributed by atoms with van der Waals surface area (Å²) in [6, 6.07) is 8.11. The number of hydrogen-bond acceptors (Lipinski definition) is 5. The Morgan fingerprint density at radius 1 is 1.16 bits per heavy atom. The number of hydrogen-bond donors (Lipinski definition) is 1. The molecule has 0 unspecified atom stereocenters. The van der Waals surface area contributed by atoms with Crippen LogP contribution in [0, 0.1) is 13.8 Å². The van der Waals surface area contributed by atoms with Crippen LogP contribution in [-0.2, 0) is 0 Å². The van der Waals surface area contributed by atoms with E-state index in [4.69, 9.17) is 10.3 Å². The van der Waals surface area contributed by atoms with Crippen molar-refractivity contribution in [3.63, 3.8) is 0 Å². The van der Waals surface area contributed by atoms with E-state index >= 15 is 0 Å². The number of rotatable bonds is 2. The van der Waals surface area contributed by atoms with Gasteiger partial charge in [0, 0.05) is 5.38 Å². The van der Waals surface area contributed by atoms with Crippen molar-refractivity contribution in [1.82, 2.24) is 10.1 Å². The van der Waals surface area contributed by atoms with Gasteiger partial charge in [-0.15, -0.1) is 11.3 Å². The molecule has 0 atom stereocenters. The molecule has 0 saturated heterocycles. The van der Waals surface area contributed by atoms with Crippen LogP contribution in [-0.4, -0.2) is 10.1 Å². The van der Waals surface area contributed by atoms with Gasteiger partial charge in [0.15, 0.2) is 11.6 Å². The van der Waals surface area contributed by atoms with E-state index in [-0.39, 0.29) is 0 Å². The fraction of sp³-hybridized carbons (Fsp3) is 0.143. The van der Waals surface area contributed by atoms with Gasteiger partial charge < -0.3 is 10.3 Å². The molecule has 0 saturated carbocycles. The predicted octanol–water partition coefficient (Wildman–Crippen LogP) is 3.66. The highest BCUT2D eigenvalue weighted by Gasteiger charge is 2.19. The van der Waals surface area contributed by atoms with E-state index in [9.17, 15) is 0 Å². The number of benzene rings is 1. The molecule has 0 aliphatic heterocycles. The van der Waals surface area contributed by atoms with Crippen molar-refractivity contribution in [1.29, 1.82) is 0 Å². The molecule has 19 heavy (non-hydrogen) atoms. The quantitative estimate of drug-likeness (QED) is 0.772. The van der Waals surface area contributed by atoms with Crippen LogP contribution in [0.5, 0.6) is 0 Å². The number of nitrogen functional groups attached to an aromatic ring is 1. The maximum atomic E-state index is 5.93. The Morgan fingerprint density at radius 2 is 1.89 bits per heavy atom. The van der Waals surface area contributed by atoms with Crippen molar-refractivity contribution < 1.29 is 4.52 Å². The summed E-state index contributed by atoms with van der Waals surface area (Å²) in [7, 11) is 0. The molecule has 2 heterocycles. The Morgan fingerprint density at radius 3 is 2.53 bits per heavy atom. The molecule has 0 spiro atoms. The summed E-state index contributed by atoms with van der Waals surface area (Å²) in [5.41, 5.74) is 9.71. The molecular weight excluding hydrogens is 258 g/mol. The van der Waals surface area contributed by atoms with Crippen molar-refractivity contribution in [2.75, 3.05) is 5.73 Å². The summed E-state index contributed by atoms with van der Waals surface area (Å²) in [5, 5.41) is 6.81. The Bertz CT molecular complexity index is 713. The second-order valence-corrected chi connectivity index (χ2v) is 5.45. The zero-order valence-electron chi connectivity index (χ0n) is 10.7. The van der Waals surface area contributed by atoms with Gasteiger partial charge in [-0.3, -0.25) is 0 Å². The summed E-state index contributed by atoms with van der Waals surface area (Å²) < 4.78 is 5.35. The average molecular weight is 271 g/mol. The molecule has 0 bridgehead atoms. The second kappa shape index (κ2) is 4.51. The van der Waals surface area contributed by atoms with Crippen molar-refractivity contribution in [2.24, 2.45) is 0 Å². The fourth-order valence-corrected chi connectivity index (χ4v) is 2.54. The Balaban J connectivity index is 2.16. The first-order valence-electron chi connectivity index (χ1n) is 5.90. The molecule has 0 aliphatic carbocycles. The van der Waals surface area contributed by atoms with Crippen LogP contribution in [0.15, 0.2) is 34.2 Å². The molecule has 0 aliphatic rings. The molecule has 1 aromatic carbocycles. The van der Waals surface area contributed by atoms with E-state index in [0.29, 0.717) is 11.6 Å². The lowest BCUT2D eigenvalue weighted by atomic mass is 10.0. The van der Waals surface area contributed by atoms with Gasteiger partial charge in [0.1, 0.15) is 5.69 Å². The van der Waals surface area contributed by atoms with Crippen LogP contribution in [0.4, 0.5) is 5.82 Å². The van der Waals surface area contributed by atoms with E-state index in [2.05, 4.69) is 10.1 Å². The number of anilines is 1. The maximum absolute atomic E-state index is 5.93. The molecular formula is C14H13N3OS. The fourth-order valence-electron chi connectivity index (χ4n) is 1.94. The van der Waals surface area contributed by atoms with Gasteiger partial charge in [-0.2, -0.15) is 0 Å². The summed E-state index contributed by atoms with van der Waals surface area (Å²) in [5.74, 6) is 1.02. The van der Waals surface area contributed by atoms with E-state index in [1.54, 1.807) is 11.3 Å². The third-order valence-electron chi connectivity index (χ3n) is 2.91. The van der Waals surface area contributed by atoms with Crippen LogP contribution in [0.1, 0.15) is 10.6 Å². The molecule has 3 aromatic rings. The summed E-state index contributed by atoms with van der Waals surface area (Å²) >= 11 is 1.58. The molecule has 0 amide bonds. The van der Waals surface area contributed by atoms with Crippen LogP contribution in [0.3, 0.4) is 0 Å². The Kier molecular flexibility index (Phi) is 2.83. The summed E-state index contributed by atoms with van der Waals surface area (Å²) in [6.07, 6.45) is 0. The molecule has 2 N–H and O–H groups in total. The summed E-state index contributed by atoms with van der Waals surface area (Å²) in [4.78, 5) is 4.43. The van der Waals surface area contributed by atoms with E-state index in [1.165, 1.54) is 5.56 Å². The molecule has 3 rings (SSSR count). The molecule has 2 aromatic heterocycles. The van der Waals surface area contributed by atoms with Crippen LogP contribution >= 0.6 is 11.3 Å². The van der Waals surface area contributed by atoms with Crippen LogP contribution < -0.4 is 5.73 Å².